The van der Waals surface area contributed by atoms with E-state index >= 15 is 0 Å². The molecule has 2 aromatic rings. The van der Waals surface area contributed by atoms with E-state index in [0.717, 1.165) is 16.6 Å². The number of benzene rings is 1. The second-order valence-electron chi connectivity index (χ2n) is 3.33. The van der Waals surface area contributed by atoms with E-state index in [1.165, 1.54) is 0 Å². The third kappa shape index (κ3) is 1.21. The van der Waals surface area contributed by atoms with Gasteiger partial charge in [-0.1, -0.05) is 13.0 Å². The Kier molecular flexibility index (Phi) is 2.08. The highest BCUT2D eigenvalue weighted by atomic mass is 16.1. The topological polar surface area (TPSA) is 45.8 Å². The molecule has 1 aromatic heterocycles. The summed E-state index contributed by atoms with van der Waals surface area (Å²) in [5.41, 5.74) is 3.58. The number of fused-ring (bicyclic) bond motifs is 1. The zero-order valence-corrected chi connectivity index (χ0v) is 8.29. The van der Waals surface area contributed by atoms with Gasteiger partial charge in [-0.3, -0.25) is 4.79 Å². The Morgan fingerprint density at radius 2 is 2.29 bits per heavy atom. The van der Waals surface area contributed by atoms with Gasteiger partial charge in [0.1, 0.15) is 0 Å². The molecule has 0 atom stereocenters. The maximum absolute atomic E-state index is 11.6. The van der Waals surface area contributed by atoms with E-state index in [1.54, 1.807) is 6.33 Å². The van der Waals surface area contributed by atoms with Crippen molar-refractivity contribution in [3.8, 4) is 0 Å². The largest absolute Gasteiger partial charge is 0.344 e. The van der Waals surface area contributed by atoms with Gasteiger partial charge < -0.3 is 4.98 Å². The highest BCUT2D eigenvalue weighted by molar-refractivity contribution is 6.06. The van der Waals surface area contributed by atoms with Crippen molar-refractivity contribution in [2.24, 2.45) is 0 Å². The van der Waals surface area contributed by atoms with Gasteiger partial charge >= 0.3 is 0 Å². The number of carbonyl (C=O) groups is 1. The minimum atomic E-state index is 0.141. The van der Waals surface area contributed by atoms with Crippen LogP contribution in [0.3, 0.4) is 0 Å². The van der Waals surface area contributed by atoms with Crippen LogP contribution in [0.15, 0.2) is 18.5 Å². The molecule has 3 heteroatoms. The Labute approximate surface area is 82.2 Å². The number of hydrogen-bond donors (Lipinski definition) is 1. The van der Waals surface area contributed by atoms with Crippen LogP contribution in [0.2, 0.25) is 0 Å². The Morgan fingerprint density at radius 3 is 3.00 bits per heavy atom. The molecule has 1 aromatic carbocycles. The maximum Gasteiger partial charge on any atom is 0.164 e. The van der Waals surface area contributed by atoms with Crippen LogP contribution in [0, 0.1) is 6.92 Å². The summed E-state index contributed by atoms with van der Waals surface area (Å²) >= 11 is 0. The number of H-pyrrole nitrogens is 1. The van der Waals surface area contributed by atoms with Crippen LogP contribution in [0.1, 0.15) is 29.3 Å². The molecule has 0 fully saturated rings. The third-order valence-corrected chi connectivity index (χ3v) is 2.41. The molecule has 3 nitrogen and oxygen atoms in total. The molecule has 0 amide bonds. The van der Waals surface area contributed by atoms with Gasteiger partial charge in [-0.05, 0) is 18.6 Å². The standard InChI is InChI=1S/C11H12N2O/c1-3-9(14)8-5-4-7(2)10-11(8)13-6-12-10/h4-6H,3H2,1-2H3,(H,12,13). The van der Waals surface area contributed by atoms with Crippen molar-refractivity contribution in [3.63, 3.8) is 0 Å². The third-order valence-electron chi connectivity index (χ3n) is 2.41. The smallest absolute Gasteiger partial charge is 0.164 e. The lowest BCUT2D eigenvalue weighted by atomic mass is 10.0. The number of Topliss-reactive ketones (excluding diaryl/α,β-unsaturated/α-hetero) is 1. The molecule has 0 radical (unpaired) electrons. The number of rotatable bonds is 2. The first-order chi connectivity index (χ1) is 6.74. The fraction of sp³-hybridized carbons (Fsp3) is 0.273. The van der Waals surface area contributed by atoms with Gasteiger partial charge in [0.15, 0.2) is 5.78 Å². The lowest BCUT2D eigenvalue weighted by Gasteiger charge is -2.01. The van der Waals surface area contributed by atoms with Gasteiger partial charge in [-0.2, -0.15) is 0 Å². The first kappa shape index (κ1) is 8.94. The van der Waals surface area contributed by atoms with Crippen molar-refractivity contribution in [2.45, 2.75) is 20.3 Å². The molecular weight excluding hydrogens is 176 g/mol. The van der Waals surface area contributed by atoms with Crippen LogP contribution in [-0.2, 0) is 0 Å². The summed E-state index contributed by atoms with van der Waals surface area (Å²) in [5, 5.41) is 0. The van der Waals surface area contributed by atoms with Crippen molar-refractivity contribution < 1.29 is 4.79 Å². The normalized spacial score (nSPS) is 10.7. The van der Waals surface area contributed by atoms with E-state index in [4.69, 9.17) is 0 Å². The highest BCUT2D eigenvalue weighted by Gasteiger charge is 2.10. The number of nitrogens with zero attached hydrogens (tertiary/aromatic N) is 1. The van der Waals surface area contributed by atoms with Crippen LogP contribution in [0.4, 0.5) is 0 Å². The zero-order valence-electron chi connectivity index (χ0n) is 8.29. The molecule has 1 N–H and O–H groups in total. The van der Waals surface area contributed by atoms with Crippen LogP contribution in [0.5, 0.6) is 0 Å². The van der Waals surface area contributed by atoms with Gasteiger partial charge in [0.2, 0.25) is 0 Å². The predicted molar refractivity (Wildman–Crippen MR) is 55.5 cm³/mol. The van der Waals surface area contributed by atoms with E-state index in [1.807, 2.05) is 26.0 Å². The van der Waals surface area contributed by atoms with Crippen LogP contribution < -0.4 is 0 Å². The van der Waals surface area contributed by atoms with Crippen molar-refractivity contribution in [1.29, 1.82) is 0 Å². The van der Waals surface area contributed by atoms with E-state index in [-0.39, 0.29) is 5.78 Å². The van der Waals surface area contributed by atoms with Crippen LogP contribution >= 0.6 is 0 Å². The summed E-state index contributed by atoms with van der Waals surface area (Å²) in [5.74, 6) is 0.141. The summed E-state index contributed by atoms with van der Waals surface area (Å²) in [6.07, 6.45) is 2.15. The average molecular weight is 188 g/mol. The Hall–Kier alpha value is -1.64. The molecular formula is C11H12N2O. The zero-order chi connectivity index (χ0) is 10.1. The first-order valence-corrected chi connectivity index (χ1v) is 4.70. The molecule has 14 heavy (non-hydrogen) atoms. The SMILES string of the molecule is CCC(=O)c1ccc(C)c2[nH]cnc12. The van der Waals surface area contributed by atoms with Crippen LogP contribution in [-0.4, -0.2) is 15.8 Å². The second kappa shape index (κ2) is 3.25. The Morgan fingerprint density at radius 1 is 1.50 bits per heavy atom. The molecule has 72 valence electrons. The van der Waals surface area contributed by atoms with Gasteiger partial charge in [-0.15, -0.1) is 0 Å². The predicted octanol–water partition coefficient (Wildman–Crippen LogP) is 2.46. The van der Waals surface area contributed by atoms with Gasteiger partial charge in [0.25, 0.3) is 0 Å². The number of imidazole rings is 1. The quantitative estimate of drug-likeness (QED) is 0.736. The number of hydrogen-bond acceptors (Lipinski definition) is 2. The minimum absolute atomic E-state index is 0.141. The number of ketones is 1. The number of carbonyl (C=O) groups excluding carboxylic acids is 1. The Balaban J connectivity index is 2.72. The van der Waals surface area contributed by atoms with Crippen molar-refractivity contribution in [3.05, 3.63) is 29.6 Å². The second-order valence-corrected chi connectivity index (χ2v) is 3.33. The summed E-state index contributed by atoms with van der Waals surface area (Å²) in [7, 11) is 0. The van der Waals surface area contributed by atoms with Gasteiger partial charge in [-0.25, -0.2) is 4.98 Å². The number of aromatic amines is 1. The molecule has 0 unspecified atom stereocenters. The van der Waals surface area contributed by atoms with E-state index in [0.29, 0.717) is 12.0 Å². The molecule has 1 heterocycles. The summed E-state index contributed by atoms with van der Waals surface area (Å²) in [4.78, 5) is 18.8. The fourth-order valence-corrected chi connectivity index (χ4v) is 1.59. The lowest BCUT2D eigenvalue weighted by molar-refractivity contribution is 0.0989. The summed E-state index contributed by atoms with van der Waals surface area (Å²) < 4.78 is 0. The fourth-order valence-electron chi connectivity index (χ4n) is 1.59. The van der Waals surface area contributed by atoms with Crippen molar-refractivity contribution in [2.75, 3.05) is 0 Å². The van der Waals surface area contributed by atoms with E-state index in [9.17, 15) is 4.79 Å². The van der Waals surface area contributed by atoms with Crippen molar-refractivity contribution in [1.82, 2.24) is 9.97 Å². The average Bonchev–Trinajstić information content (AvgIpc) is 2.67. The molecule has 0 aliphatic carbocycles. The molecule has 0 saturated heterocycles. The molecule has 0 aliphatic heterocycles. The molecule has 0 bridgehead atoms. The minimum Gasteiger partial charge on any atom is -0.344 e. The highest BCUT2D eigenvalue weighted by Crippen LogP contribution is 2.19. The lowest BCUT2D eigenvalue weighted by Crippen LogP contribution is -1.98. The number of nitrogens with one attached hydrogen (secondary N) is 1. The molecule has 2 rings (SSSR count). The molecule has 0 saturated carbocycles. The summed E-state index contributed by atoms with van der Waals surface area (Å²) in [6, 6.07) is 3.80. The number of aromatic nitrogens is 2. The van der Waals surface area contributed by atoms with Gasteiger partial charge in [0, 0.05) is 12.0 Å². The summed E-state index contributed by atoms with van der Waals surface area (Å²) in [6.45, 7) is 3.86. The van der Waals surface area contributed by atoms with Crippen molar-refractivity contribution >= 4 is 16.8 Å². The molecule has 0 aliphatic rings. The van der Waals surface area contributed by atoms with Gasteiger partial charge in [0.05, 0.1) is 17.4 Å². The van der Waals surface area contributed by atoms with E-state index in [2.05, 4.69) is 9.97 Å². The Bertz CT molecular complexity index is 485. The van der Waals surface area contributed by atoms with E-state index < -0.39 is 0 Å². The first-order valence-electron chi connectivity index (χ1n) is 4.70. The molecule has 0 spiro atoms. The monoisotopic (exact) mass is 188 g/mol. The van der Waals surface area contributed by atoms with Crippen LogP contribution in [0.25, 0.3) is 11.0 Å². The number of aryl methyl sites for hydroxylation is 1. The maximum atomic E-state index is 11.6.